The predicted molar refractivity (Wildman–Crippen MR) is 217 cm³/mol. The van der Waals surface area contributed by atoms with Gasteiger partial charge in [0.1, 0.15) is 24.4 Å². The summed E-state index contributed by atoms with van der Waals surface area (Å²) in [6, 6.07) is 30.6. The number of carbonyl (C=O) groups is 1. The highest BCUT2D eigenvalue weighted by molar-refractivity contribution is 7.18. The third kappa shape index (κ3) is 9.46. The molecule has 0 unspecified atom stereocenters. The average Bonchev–Trinajstić information content (AvgIpc) is 3.56. The number of hydrogen-bond acceptors (Lipinski definition) is 9. The Hall–Kier alpha value is -5.22. The number of nitrogens with zero attached hydrogens (tertiary/aromatic N) is 4. The van der Waals surface area contributed by atoms with Crippen molar-refractivity contribution in [2.75, 3.05) is 32.8 Å². The van der Waals surface area contributed by atoms with Crippen LogP contribution in [-0.2, 0) is 24.4 Å². The van der Waals surface area contributed by atoms with E-state index < -0.39 is 0 Å². The van der Waals surface area contributed by atoms with E-state index in [4.69, 9.17) is 25.8 Å². The minimum Gasteiger partial charge on any atom is -0.493 e. The van der Waals surface area contributed by atoms with E-state index in [-0.39, 0.29) is 0 Å². The molecule has 0 bridgehead atoms. The van der Waals surface area contributed by atoms with E-state index in [2.05, 4.69) is 81.3 Å². The van der Waals surface area contributed by atoms with Crippen LogP contribution < -0.4 is 14.2 Å². The molecule has 0 atom stereocenters. The number of aldehydes is 1. The van der Waals surface area contributed by atoms with Gasteiger partial charge in [-0.2, -0.15) is 0 Å². The molecule has 276 valence electrons. The molecule has 0 saturated carbocycles. The van der Waals surface area contributed by atoms with Crippen molar-refractivity contribution in [3.63, 3.8) is 0 Å². The van der Waals surface area contributed by atoms with E-state index in [0.29, 0.717) is 35.6 Å². The molecular weight excluding hydrogens is 716 g/mol. The lowest BCUT2D eigenvalue weighted by Gasteiger charge is -2.37. The fourth-order valence-electron chi connectivity index (χ4n) is 6.54. The molecule has 1 aliphatic rings. The van der Waals surface area contributed by atoms with Crippen LogP contribution in [0.25, 0.3) is 15.9 Å². The maximum atomic E-state index is 11.8. The number of fused-ring (bicyclic) bond motifs is 1. The molecule has 1 saturated heterocycles. The van der Waals surface area contributed by atoms with Crippen LogP contribution in [0.1, 0.15) is 38.4 Å². The average molecular weight is 759 g/mol. The van der Waals surface area contributed by atoms with Crippen LogP contribution in [0.5, 0.6) is 23.1 Å². The zero-order valence-corrected chi connectivity index (χ0v) is 32.3. The van der Waals surface area contributed by atoms with E-state index in [1.54, 1.807) is 29.7 Å². The zero-order valence-electron chi connectivity index (χ0n) is 30.8. The first-order valence-corrected chi connectivity index (χ1v) is 19.3. The molecule has 10 heteroatoms. The van der Waals surface area contributed by atoms with Crippen LogP contribution in [-0.4, -0.2) is 58.8 Å². The lowest BCUT2D eigenvalue weighted by atomic mass is 10.1. The van der Waals surface area contributed by atoms with E-state index in [1.165, 1.54) is 21.4 Å². The van der Waals surface area contributed by atoms with Gasteiger partial charge in [-0.05, 0) is 78.9 Å². The molecule has 4 aromatic carbocycles. The number of thiazole rings is 1. The second kappa shape index (κ2) is 17.3. The number of ether oxygens (including phenoxy) is 3. The van der Waals surface area contributed by atoms with Gasteiger partial charge in [-0.25, -0.2) is 9.97 Å². The molecule has 0 radical (unpaired) electrons. The molecular formula is C44H43ClN4O4S. The molecule has 7 rings (SSSR count). The highest BCUT2D eigenvalue weighted by Crippen LogP contribution is 2.36. The van der Waals surface area contributed by atoms with Gasteiger partial charge in [-0.1, -0.05) is 65.7 Å². The Morgan fingerprint density at radius 2 is 1.57 bits per heavy atom. The summed E-state index contributed by atoms with van der Waals surface area (Å²) >= 11 is 8.50. The van der Waals surface area contributed by atoms with Crippen LogP contribution in [0, 0.1) is 20.8 Å². The third-order valence-corrected chi connectivity index (χ3v) is 10.7. The van der Waals surface area contributed by atoms with Gasteiger partial charge in [0.25, 0.3) is 0 Å². The van der Waals surface area contributed by atoms with Gasteiger partial charge < -0.3 is 19.1 Å². The number of rotatable bonds is 14. The second-order valence-corrected chi connectivity index (χ2v) is 15.2. The molecule has 6 aromatic rings. The van der Waals surface area contributed by atoms with E-state index in [9.17, 15) is 4.79 Å². The van der Waals surface area contributed by atoms with Crippen LogP contribution in [0.3, 0.4) is 0 Å². The Morgan fingerprint density at radius 1 is 0.833 bits per heavy atom. The second-order valence-electron chi connectivity index (χ2n) is 13.5. The maximum Gasteiger partial charge on any atom is 0.219 e. The van der Waals surface area contributed by atoms with Crippen molar-refractivity contribution in [2.24, 2.45) is 0 Å². The summed E-state index contributed by atoms with van der Waals surface area (Å²) in [7, 11) is 0. The normalized spacial score (nSPS) is 13.6. The van der Waals surface area contributed by atoms with E-state index in [0.717, 1.165) is 84.1 Å². The SMILES string of the molecule is Cc1ccc(COc2ccc(Oc3c(C)cc(/C(=C\C=O)N4CCN(Cc5ccc(CCOc6ccc7sc(C)nc7c6)cc5)CC4)cc3Cl)nc2)cc1. The van der Waals surface area contributed by atoms with Gasteiger partial charge >= 0.3 is 0 Å². The smallest absolute Gasteiger partial charge is 0.219 e. The van der Waals surface area contributed by atoms with Gasteiger partial charge in [0.15, 0.2) is 5.75 Å². The summed E-state index contributed by atoms with van der Waals surface area (Å²) in [6.07, 6.45) is 4.95. The fraction of sp³-hybridized carbons (Fsp3) is 0.250. The number of allylic oxidation sites excluding steroid dienone is 1. The highest BCUT2D eigenvalue weighted by Gasteiger charge is 2.22. The van der Waals surface area contributed by atoms with Crippen molar-refractivity contribution < 1.29 is 19.0 Å². The van der Waals surface area contributed by atoms with E-state index in [1.807, 2.05) is 44.2 Å². The summed E-state index contributed by atoms with van der Waals surface area (Å²) < 4.78 is 19.2. The number of benzene rings is 4. The van der Waals surface area contributed by atoms with Crippen molar-refractivity contribution in [3.05, 3.63) is 147 Å². The number of aromatic nitrogens is 2. The molecule has 1 aliphatic heterocycles. The van der Waals surface area contributed by atoms with Gasteiger partial charge in [0.05, 0.1) is 33.1 Å². The van der Waals surface area contributed by atoms with Crippen LogP contribution in [0.4, 0.5) is 0 Å². The first-order valence-electron chi connectivity index (χ1n) is 18.1. The number of carbonyl (C=O) groups excluding carboxylic acids is 1. The number of piperazine rings is 1. The van der Waals surface area contributed by atoms with Gasteiger partial charge in [-0.15, -0.1) is 11.3 Å². The summed E-state index contributed by atoms with van der Waals surface area (Å²) in [4.78, 5) is 25.5. The molecule has 8 nitrogen and oxygen atoms in total. The molecule has 0 amide bonds. The fourth-order valence-corrected chi connectivity index (χ4v) is 7.65. The van der Waals surface area contributed by atoms with Crippen molar-refractivity contribution in [2.45, 2.75) is 40.3 Å². The summed E-state index contributed by atoms with van der Waals surface area (Å²) in [5, 5.41) is 1.51. The van der Waals surface area contributed by atoms with Crippen molar-refractivity contribution in [3.8, 4) is 23.1 Å². The number of aryl methyl sites for hydroxylation is 3. The minimum atomic E-state index is 0.412. The summed E-state index contributed by atoms with van der Waals surface area (Å²) in [5.41, 5.74) is 8.38. The maximum absolute atomic E-state index is 11.8. The lowest BCUT2D eigenvalue weighted by Crippen LogP contribution is -2.45. The van der Waals surface area contributed by atoms with Gasteiger partial charge in [-0.3, -0.25) is 9.69 Å². The Balaban J connectivity index is 0.895. The highest BCUT2D eigenvalue weighted by atomic mass is 35.5. The Bertz CT molecular complexity index is 2210. The number of hydrogen-bond donors (Lipinski definition) is 0. The van der Waals surface area contributed by atoms with Crippen molar-refractivity contribution >= 4 is 45.1 Å². The molecule has 0 spiro atoms. The monoisotopic (exact) mass is 758 g/mol. The molecule has 2 aromatic heterocycles. The zero-order chi connectivity index (χ0) is 37.4. The van der Waals surface area contributed by atoms with Gasteiger partial charge in [0, 0.05) is 63.1 Å². The van der Waals surface area contributed by atoms with Crippen LogP contribution >= 0.6 is 22.9 Å². The molecule has 1 fully saturated rings. The van der Waals surface area contributed by atoms with E-state index >= 15 is 0 Å². The number of halogens is 1. The van der Waals surface area contributed by atoms with Crippen molar-refractivity contribution in [1.29, 1.82) is 0 Å². The molecule has 54 heavy (non-hydrogen) atoms. The Kier molecular flexibility index (Phi) is 11.9. The molecule has 0 aliphatic carbocycles. The van der Waals surface area contributed by atoms with Gasteiger partial charge in [0.2, 0.25) is 5.88 Å². The Morgan fingerprint density at radius 3 is 2.30 bits per heavy atom. The summed E-state index contributed by atoms with van der Waals surface area (Å²) in [5.74, 6) is 2.44. The first kappa shape index (κ1) is 37.1. The molecule has 3 heterocycles. The molecule has 0 N–H and O–H groups in total. The topological polar surface area (TPSA) is 77.0 Å². The third-order valence-electron chi connectivity index (χ3n) is 9.46. The largest absolute Gasteiger partial charge is 0.493 e. The minimum absolute atomic E-state index is 0.412. The lowest BCUT2D eigenvalue weighted by molar-refractivity contribution is -0.104. The standard InChI is InChI=1S/C44H43ClN4O4S/c1-30-4-6-35(7-5-30)29-52-38-13-15-43(46-27-38)53-44-31(2)24-36(25-39(44)45)41(16-22-50)49-20-18-48(19-21-49)28-34-10-8-33(9-11-34)17-23-51-37-12-14-42-40(26-37)47-32(3)54-42/h4-16,22,24-27H,17-21,23,28-29H2,1-3H3/b41-16+. The van der Waals surface area contributed by atoms with Crippen LogP contribution in [0.15, 0.2) is 103 Å². The van der Waals surface area contributed by atoms with Crippen molar-refractivity contribution in [1.82, 2.24) is 19.8 Å². The van der Waals surface area contributed by atoms with Crippen LogP contribution in [0.2, 0.25) is 5.02 Å². The summed E-state index contributed by atoms with van der Waals surface area (Å²) in [6.45, 7) is 11.3. The predicted octanol–water partition coefficient (Wildman–Crippen LogP) is 9.62. The number of pyridine rings is 1. The quantitative estimate of drug-likeness (QED) is 0.0804. The Labute approximate surface area is 325 Å². The first-order chi connectivity index (χ1) is 26.3.